The molecule has 0 atom stereocenters. The average Bonchev–Trinajstić information content (AvgIpc) is 3.34. The molecule has 2 heteroatoms. The Morgan fingerprint density at radius 3 is 1.54 bits per heavy atom. The molecule has 0 unspecified atom stereocenters. The van der Waals surface area contributed by atoms with E-state index < -0.39 is 0 Å². The van der Waals surface area contributed by atoms with Gasteiger partial charge in [-0.1, -0.05) is 56.1 Å². The lowest BCUT2D eigenvalue weighted by Crippen LogP contribution is -2.19. The fourth-order valence-electron chi connectivity index (χ4n) is 4.37. The van der Waals surface area contributed by atoms with E-state index in [1.54, 1.807) is 0 Å². The predicted molar refractivity (Wildman–Crippen MR) is 115 cm³/mol. The molecular weight excluding hydrogens is 316 g/mol. The minimum absolute atomic E-state index is 0.653. The summed E-state index contributed by atoms with van der Waals surface area (Å²) in [7, 11) is 0. The van der Waals surface area contributed by atoms with Crippen molar-refractivity contribution in [3.63, 3.8) is 0 Å². The number of anilines is 2. The molecule has 0 bridgehead atoms. The van der Waals surface area contributed by atoms with Crippen LogP contribution in [0.25, 0.3) is 0 Å². The van der Waals surface area contributed by atoms with E-state index >= 15 is 0 Å². The molecule has 2 aliphatic carbocycles. The molecule has 2 fully saturated rings. The summed E-state index contributed by atoms with van der Waals surface area (Å²) in [5, 5.41) is 7.75. The van der Waals surface area contributed by atoms with Crippen molar-refractivity contribution in [2.45, 2.75) is 90.1 Å². The van der Waals surface area contributed by atoms with Crippen molar-refractivity contribution in [3.8, 4) is 0 Å². The highest BCUT2D eigenvalue weighted by Gasteiger charge is 2.19. The van der Waals surface area contributed by atoms with Crippen LogP contribution >= 0.6 is 0 Å². The second kappa shape index (κ2) is 9.85. The first kappa shape index (κ1) is 19.1. The zero-order valence-electron chi connectivity index (χ0n) is 16.7. The average molecular weight is 353 g/mol. The lowest BCUT2D eigenvalue weighted by molar-refractivity contribution is 0.749. The molecule has 2 N–H and O–H groups in total. The third-order valence-electron chi connectivity index (χ3n) is 5.91. The number of allylic oxidation sites excluding steroid dienone is 4. The Kier molecular flexibility index (Phi) is 7.22. The Hall–Kier alpha value is -1.70. The van der Waals surface area contributed by atoms with Gasteiger partial charge in [0.25, 0.3) is 0 Å². The summed E-state index contributed by atoms with van der Waals surface area (Å²) >= 11 is 0. The molecule has 0 heterocycles. The largest absolute Gasteiger partial charge is 0.382 e. The van der Waals surface area contributed by atoms with Gasteiger partial charge in [0, 0.05) is 23.5 Å². The number of rotatable bonds is 8. The Balaban J connectivity index is 1.89. The van der Waals surface area contributed by atoms with Gasteiger partial charge in [-0.25, -0.2) is 0 Å². The van der Waals surface area contributed by atoms with Crippen molar-refractivity contribution in [2.24, 2.45) is 0 Å². The second-order valence-electron chi connectivity index (χ2n) is 7.96. The molecule has 2 saturated carbocycles. The maximum Gasteiger partial charge on any atom is 0.0398 e. The summed E-state index contributed by atoms with van der Waals surface area (Å²) in [4.78, 5) is 0. The number of benzene rings is 1. The molecule has 0 amide bonds. The standard InChI is InChI=1S/C24H36N2/c1-3-5-11-19-17-20(12-6-4-2)24(26-22-15-9-10-16-22)18-23(19)25-21-13-7-8-14-21/h3-6,17-18,21-22,25-26H,7-16H2,1-2H3. The molecule has 0 radical (unpaired) electrons. The van der Waals surface area contributed by atoms with Crippen LogP contribution in [0.5, 0.6) is 0 Å². The molecule has 142 valence electrons. The summed E-state index contributed by atoms with van der Waals surface area (Å²) in [6.07, 6.45) is 21.6. The van der Waals surface area contributed by atoms with Crippen LogP contribution in [-0.2, 0) is 12.8 Å². The predicted octanol–water partition coefficient (Wildman–Crippen LogP) is 6.63. The Bertz CT molecular complexity index is 566. The van der Waals surface area contributed by atoms with Crippen LogP contribution in [-0.4, -0.2) is 12.1 Å². The molecule has 26 heavy (non-hydrogen) atoms. The molecule has 0 spiro atoms. The van der Waals surface area contributed by atoms with Crippen molar-refractivity contribution in [1.29, 1.82) is 0 Å². The molecule has 0 aromatic heterocycles. The third-order valence-corrected chi connectivity index (χ3v) is 5.91. The first-order valence-electron chi connectivity index (χ1n) is 10.7. The van der Waals surface area contributed by atoms with Gasteiger partial charge in [-0.2, -0.15) is 0 Å². The van der Waals surface area contributed by atoms with Gasteiger partial charge in [-0.3, -0.25) is 0 Å². The van der Waals surface area contributed by atoms with Gasteiger partial charge in [0.1, 0.15) is 0 Å². The summed E-state index contributed by atoms with van der Waals surface area (Å²) in [6, 6.07) is 6.16. The quantitative estimate of drug-likeness (QED) is 0.513. The molecule has 2 nitrogen and oxygen atoms in total. The first-order valence-corrected chi connectivity index (χ1v) is 10.7. The molecule has 1 aromatic rings. The van der Waals surface area contributed by atoms with E-state index in [1.807, 2.05) is 0 Å². The van der Waals surface area contributed by atoms with Gasteiger partial charge in [0.2, 0.25) is 0 Å². The molecule has 1 aromatic carbocycles. The lowest BCUT2D eigenvalue weighted by Gasteiger charge is -2.23. The van der Waals surface area contributed by atoms with E-state index in [4.69, 9.17) is 0 Å². The summed E-state index contributed by atoms with van der Waals surface area (Å²) in [5.41, 5.74) is 5.57. The van der Waals surface area contributed by atoms with Crippen LogP contribution < -0.4 is 10.6 Å². The molecule has 3 rings (SSSR count). The van der Waals surface area contributed by atoms with Gasteiger partial charge < -0.3 is 10.6 Å². The molecular formula is C24H36N2. The van der Waals surface area contributed by atoms with Crippen LogP contribution in [0.3, 0.4) is 0 Å². The fraction of sp³-hybridized carbons (Fsp3) is 0.583. The van der Waals surface area contributed by atoms with Crippen molar-refractivity contribution in [2.75, 3.05) is 10.6 Å². The smallest absolute Gasteiger partial charge is 0.0398 e. The number of nitrogens with one attached hydrogen (secondary N) is 2. The van der Waals surface area contributed by atoms with E-state index in [0.717, 1.165) is 12.8 Å². The highest BCUT2D eigenvalue weighted by atomic mass is 15.0. The van der Waals surface area contributed by atoms with Gasteiger partial charge in [0.15, 0.2) is 0 Å². The van der Waals surface area contributed by atoms with Crippen molar-refractivity contribution < 1.29 is 0 Å². The second-order valence-corrected chi connectivity index (χ2v) is 7.96. The molecule has 0 aliphatic heterocycles. The Labute approximate surface area is 160 Å². The minimum atomic E-state index is 0.653. The minimum Gasteiger partial charge on any atom is -0.382 e. The van der Waals surface area contributed by atoms with Crippen LogP contribution in [0.15, 0.2) is 36.4 Å². The van der Waals surface area contributed by atoms with Crippen LogP contribution in [0.2, 0.25) is 0 Å². The van der Waals surface area contributed by atoms with Crippen molar-refractivity contribution in [3.05, 3.63) is 47.6 Å². The lowest BCUT2D eigenvalue weighted by atomic mass is 9.99. The van der Waals surface area contributed by atoms with Crippen LogP contribution in [0.1, 0.15) is 76.3 Å². The maximum atomic E-state index is 3.88. The van der Waals surface area contributed by atoms with E-state index in [9.17, 15) is 0 Å². The number of hydrogen-bond acceptors (Lipinski definition) is 2. The van der Waals surface area contributed by atoms with Gasteiger partial charge in [-0.05, 0) is 69.6 Å². The maximum absolute atomic E-state index is 3.88. The summed E-state index contributed by atoms with van der Waals surface area (Å²) in [6.45, 7) is 4.22. The topological polar surface area (TPSA) is 24.1 Å². The van der Waals surface area contributed by atoms with Crippen LogP contribution in [0, 0.1) is 0 Å². The third kappa shape index (κ3) is 5.16. The summed E-state index contributed by atoms with van der Waals surface area (Å²) < 4.78 is 0. The van der Waals surface area contributed by atoms with Crippen LogP contribution in [0.4, 0.5) is 11.4 Å². The monoisotopic (exact) mass is 352 g/mol. The normalized spacial score (nSPS) is 19.2. The summed E-state index contributed by atoms with van der Waals surface area (Å²) in [5.74, 6) is 0. The van der Waals surface area contributed by atoms with E-state index in [2.05, 4.69) is 60.9 Å². The van der Waals surface area contributed by atoms with Crippen molar-refractivity contribution in [1.82, 2.24) is 0 Å². The molecule has 0 saturated heterocycles. The van der Waals surface area contributed by atoms with E-state index in [0.29, 0.717) is 12.1 Å². The zero-order chi connectivity index (χ0) is 18.2. The fourth-order valence-corrected chi connectivity index (χ4v) is 4.37. The highest BCUT2D eigenvalue weighted by Crippen LogP contribution is 2.32. The van der Waals surface area contributed by atoms with Crippen molar-refractivity contribution >= 4 is 11.4 Å². The van der Waals surface area contributed by atoms with E-state index in [1.165, 1.54) is 73.9 Å². The molecule has 2 aliphatic rings. The highest BCUT2D eigenvalue weighted by molar-refractivity contribution is 5.67. The Morgan fingerprint density at radius 2 is 1.15 bits per heavy atom. The SMILES string of the molecule is CC=CCc1cc(CC=CC)c(NC2CCCC2)cc1NC1CCCC1. The zero-order valence-corrected chi connectivity index (χ0v) is 16.7. The van der Waals surface area contributed by atoms with E-state index in [-0.39, 0.29) is 0 Å². The van der Waals surface area contributed by atoms with Gasteiger partial charge in [-0.15, -0.1) is 0 Å². The van der Waals surface area contributed by atoms with Gasteiger partial charge >= 0.3 is 0 Å². The van der Waals surface area contributed by atoms with Gasteiger partial charge in [0.05, 0.1) is 0 Å². The number of hydrogen-bond donors (Lipinski definition) is 2. The Morgan fingerprint density at radius 1 is 0.731 bits per heavy atom. The first-order chi connectivity index (χ1) is 12.8.